The fraction of sp³-hybridized carbons (Fsp3) is 0.286. The van der Waals surface area contributed by atoms with E-state index in [9.17, 15) is 14.4 Å². The SMILES string of the molecule is CC(Nc1ccc(NC(=O)c2ccc(Cl)cc2)cc1)C(=O)NC(=O)NC(C)(C)C. The Hall–Kier alpha value is -3.06. The number of rotatable bonds is 5. The molecular formula is C21H25ClN4O3. The van der Waals surface area contributed by atoms with E-state index >= 15 is 0 Å². The number of nitrogens with one attached hydrogen (secondary N) is 4. The number of urea groups is 1. The number of anilines is 2. The van der Waals surface area contributed by atoms with Gasteiger partial charge in [-0.25, -0.2) is 4.79 Å². The molecule has 2 aromatic rings. The van der Waals surface area contributed by atoms with Gasteiger partial charge in [-0.1, -0.05) is 11.6 Å². The molecule has 4 N–H and O–H groups in total. The van der Waals surface area contributed by atoms with Crippen molar-refractivity contribution in [3.8, 4) is 0 Å². The van der Waals surface area contributed by atoms with Gasteiger partial charge < -0.3 is 16.0 Å². The molecule has 0 radical (unpaired) electrons. The van der Waals surface area contributed by atoms with E-state index in [-0.39, 0.29) is 5.91 Å². The van der Waals surface area contributed by atoms with Crippen LogP contribution in [-0.2, 0) is 4.79 Å². The van der Waals surface area contributed by atoms with Crippen LogP contribution in [0.3, 0.4) is 0 Å². The molecule has 0 aliphatic rings. The third-order valence-electron chi connectivity index (χ3n) is 3.75. The molecule has 0 saturated heterocycles. The first-order valence-electron chi connectivity index (χ1n) is 9.10. The molecule has 0 bridgehead atoms. The van der Waals surface area contributed by atoms with Gasteiger partial charge >= 0.3 is 6.03 Å². The van der Waals surface area contributed by atoms with Crippen molar-refractivity contribution in [1.82, 2.24) is 10.6 Å². The highest BCUT2D eigenvalue weighted by molar-refractivity contribution is 6.30. The molecule has 8 heteroatoms. The lowest BCUT2D eigenvalue weighted by atomic mass is 10.1. The molecule has 0 heterocycles. The van der Waals surface area contributed by atoms with E-state index in [1.807, 2.05) is 20.8 Å². The standard InChI is InChI=1S/C21H25ClN4O3/c1-13(18(27)25-20(29)26-21(2,3)4)23-16-9-11-17(12-10-16)24-19(28)14-5-7-15(22)8-6-14/h5-13,23H,1-4H3,(H,24,28)(H2,25,26,27,29). The Morgan fingerprint density at radius 3 is 2.00 bits per heavy atom. The van der Waals surface area contributed by atoms with E-state index < -0.39 is 23.5 Å². The van der Waals surface area contributed by atoms with Crippen LogP contribution >= 0.6 is 11.6 Å². The Bertz CT molecular complexity index is 874. The van der Waals surface area contributed by atoms with Crippen LogP contribution in [0.25, 0.3) is 0 Å². The van der Waals surface area contributed by atoms with Crippen molar-refractivity contribution in [2.45, 2.75) is 39.3 Å². The van der Waals surface area contributed by atoms with Crippen LogP contribution in [0.1, 0.15) is 38.1 Å². The van der Waals surface area contributed by atoms with Crippen molar-refractivity contribution in [2.24, 2.45) is 0 Å². The van der Waals surface area contributed by atoms with Gasteiger partial charge in [-0.15, -0.1) is 0 Å². The van der Waals surface area contributed by atoms with E-state index in [1.165, 1.54) is 0 Å². The molecule has 0 aliphatic carbocycles. The van der Waals surface area contributed by atoms with Crippen molar-refractivity contribution < 1.29 is 14.4 Å². The van der Waals surface area contributed by atoms with E-state index in [2.05, 4.69) is 21.3 Å². The first-order chi connectivity index (χ1) is 13.5. The molecule has 154 valence electrons. The second-order valence-corrected chi connectivity index (χ2v) is 8.03. The zero-order valence-corrected chi connectivity index (χ0v) is 17.6. The normalized spacial score (nSPS) is 11.9. The summed E-state index contributed by atoms with van der Waals surface area (Å²) in [6.07, 6.45) is 0. The molecule has 29 heavy (non-hydrogen) atoms. The number of imide groups is 1. The number of halogens is 1. The minimum absolute atomic E-state index is 0.250. The lowest BCUT2D eigenvalue weighted by Gasteiger charge is -2.21. The number of hydrogen-bond donors (Lipinski definition) is 4. The summed E-state index contributed by atoms with van der Waals surface area (Å²) in [5, 5.41) is 11.3. The minimum Gasteiger partial charge on any atom is -0.374 e. The molecular weight excluding hydrogens is 392 g/mol. The zero-order chi connectivity index (χ0) is 21.6. The lowest BCUT2D eigenvalue weighted by molar-refractivity contribution is -0.120. The summed E-state index contributed by atoms with van der Waals surface area (Å²) in [4.78, 5) is 36.1. The number of carbonyl (C=O) groups is 3. The second kappa shape index (κ2) is 9.43. The monoisotopic (exact) mass is 416 g/mol. The Morgan fingerprint density at radius 1 is 0.897 bits per heavy atom. The third-order valence-corrected chi connectivity index (χ3v) is 4.00. The first kappa shape index (κ1) is 22.2. The molecule has 1 atom stereocenters. The molecule has 1 unspecified atom stereocenters. The third kappa shape index (κ3) is 7.46. The summed E-state index contributed by atoms with van der Waals surface area (Å²) in [5.74, 6) is -0.702. The van der Waals surface area contributed by atoms with Gasteiger partial charge in [0.15, 0.2) is 0 Å². The number of carbonyl (C=O) groups excluding carboxylic acids is 3. The van der Waals surface area contributed by atoms with Crippen LogP contribution in [0.2, 0.25) is 5.02 Å². The molecule has 0 aromatic heterocycles. The Labute approximate surface area is 175 Å². The van der Waals surface area contributed by atoms with Crippen LogP contribution in [0.5, 0.6) is 0 Å². The smallest absolute Gasteiger partial charge is 0.321 e. The van der Waals surface area contributed by atoms with Gasteiger partial charge in [0.2, 0.25) is 5.91 Å². The predicted octanol–water partition coefficient (Wildman–Crippen LogP) is 4.02. The van der Waals surface area contributed by atoms with E-state index in [0.29, 0.717) is 22.0 Å². The van der Waals surface area contributed by atoms with E-state index in [4.69, 9.17) is 11.6 Å². The molecule has 0 saturated carbocycles. The summed E-state index contributed by atoms with van der Waals surface area (Å²) in [7, 11) is 0. The molecule has 4 amide bonds. The average molecular weight is 417 g/mol. The molecule has 0 aliphatic heterocycles. The first-order valence-corrected chi connectivity index (χ1v) is 9.48. The Morgan fingerprint density at radius 2 is 1.45 bits per heavy atom. The van der Waals surface area contributed by atoms with Crippen molar-refractivity contribution >= 4 is 40.8 Å². The van der Waals surface area contributed by atoms with Gasteiger partial charge in [-0.05, 0) is 76.2 Å². The summed E-state index contributed by atoms with van der Waals surface area (Å²) >= 11 is 5.82. The molecule has 2 aromatic carbocycles. The van der Waals surface area contributed by atoms with Crippen LogP contribution in [0, 0.1) is 0 Å². The lowest BCUT2D eigenvalue weighted by Crippen LogP contribution is -2.51. The van der Waals surface area contributed by atoms with Crippen LogP contribution in [-0.4, -0.2) is 29.4 Å². The number of amides is 4. The predicted molar refractivity (Wildman–Crippen MR) is 115 cm³/mol. The number of hydrogen-bond acceptors (Lipinski definition) is 4. The van der Waals surface area contributed by atoms with Gasteiger partial charge in [0.05, 0.1) is 0 Å². The maximum absolute atomic E-state index is 12.2. The summed E-state index contributed by atoms with van der Waals surface area (Å²) in [5.41, 5.74) is 1.34. The van der Waals surface area contributed by atoms with E-state index in [0.717, 1.165) is 0 Å². The average Bonchev–Trinajstić information content (AvgIpc) is 2.62. The van der Waals surface area contributed by atoms with Gasteiger partial charge in [0, 0.05) is 27.5 Å². The largest absolute Gasteiger partial charge is 0.374 e. The zero-order valence-electron chi connectivity index (χ0n) is 16.8. The molecule has 7 nitrogen and oxygen atoms in total. The van der Waals surface area contributed by atoms with Crippen LogP contribution < -0.4 is 21.3 Å². The highest BCUT2D eigenvalue weighted by atomic mass is 35.5. The maximum Gasteiger partial charge on any atom is 0.321 e. The summed E-state index contributed by atoms with van der Waals surface area (Å²) in [6.45, 7) is 7.12. The molecule has 0 spiro atoms. The van der Waals surface area contributed by atoms with Crippen molar-refractivity contribution in [2.75, 3.05) is 10.6 Å². The summed E-state index contributed by atoms with van der Waals surface area (Å²) < 4.78 is 0. The van der Waals surface area contributed by atoms with Crippen LogP contribution in [0.15, 0.2) is 48.5 Å². The Kier molecular flexibility index (Phi) is 7.23. The maximum atomic E-state index is 12.2. The molecule has 2 rings (SSSR count). The topological polar surface area (TPSA) is 99.3 Å². The van der Waals surface area contributed by atoms with Crippen molar-refractivity contribution in [3.63, 3.8) is 0 Å². The van der Waals surface area contributed by atoms with Gasteiger partial charge in [0.1, 0.15) is 6.04 Å². The Balaban J connectivity index is 1.89. The highest BCUT2D eigenvalue weighted by Gasteiger charge is 2.19. The highest BCUT2D eigenvalue weighted by Crippen LogP contribution is 2.16. The van der Waals surface area contributed by atoms with Gasteiger partial charge in [-0.2, -0.15) is 0 Å². The minimum atomic E-state index is -0.629. The fourth-order valence-electron chi connectivity index (χ4n) is 2.36. The second-order valence-electron chi connectivity index (χ2n) is 7.60. The van der Waals surface area contributed by atoms with Gasteiger partial charge in [-0.3, -0.25) is 14.9 Å². The van der Waals surface area contributed by atoms with Crippen molar-refractivity contribution in [3.05, 3.63) is 59.1 Å². The van der Waals surface area contributed by atoms with Crippen molar-refractivity contribution in [1.29, 1.82) is 0 Å². The quantitative estimate of drug-likeness (QED) is 0.591. The van der Waals surface area contributed by atoms with Gasteiger partial charge in [0.25, 0.3) is 5.91 Å². The fourth-order valence-corrected chi connectivity index (χ4v) is 2.49. The van der Waals surface area contributed by atoms with Crippen LogP contribution in [0.4, 0.5) is 16.2 Å². The number of benzene rings is 2. The summed E-state index contributed by atoms with van der Waals surface area (Å²) in [6, 6.07) is 12.3. The molecule has 0 fully saturated rings. The van der Waals surface area contributed by atoms with E-state index in [1.54, 1.807) is 55.5 Å².